The Bertz CT molecular complexity index is 1660. The van der Waals surface area contributed by atoms with Crippen molar-refractivity contribution in [3.05, 3.63) is 95.1 Å². The summed E-state index contributed by atoms with van der Waals surface area (Å²) in [7, 11) is 0. The molecule has 1 fully saturated rings. The molecule has 5 rings (SSSR count). The second kappa shape index (κ2) is 15.9. The molecule has 47 heavy (non-hydrogen) atoms. The third-order valence-corrected chi connectivity index (χ3v) is 8.51. The number of hydrogen-bond donors (Lipinski definition) is 4. The molecule has 248 valence electrons. The van der Waals surface area contributed by atoms with Gasteiger partial charge >= 0.3 is 5.97 Å². The lowest BCUT2D eigenvalue weighted by Crippen LogP contribution is -2.30. The van der Waals surface area contributed by atoms with E-state index in [1.165, 1.54) is 32.1 Å². The second-order valence-corrected chi connectivity index (χ2v) is 13.5. The van der Waals surface area contributed by atoms with E-state index < -0.39 is 5.60 Å². The molecule has 8 nitrogen and oxygen atoms in total. The monoisotopic (exact) mass is 636 g/mol. The van der Waals surface area contributed by atoms with Crippen molar-refractivity contribution >= 4 is 34.2 Å². The number of hydrogen-bond acceptors (Lipinski definition) is 6. The summed E-state index contributed by atoms with van der Waals surface area (Å²) in [5.41, 5.74) is 4.75. The Morgan fingerprint density at radius 2 is 1.68 bits per heavy atom. The van der Waals surface area contributed by atoms with Gasteiger partial charge in [-0.2, -0.15) is 0 Å². The van der Waals surface area contributed by atoms with Gasteiger partial charge in [0, 0.05) is 41.5 Å². The van der Waals surface area contributed by atoms with E-state index in [0.29, 0.717) is 42.3 Å². The molecule has 0 spiro atoms. The highest BCUT2D eigenvalue weighted by atomic mass is 16.6. The summed E-state index contributed by atoms with van der Waals surface area (Å²) in [4.78, 5) is 33.2. The number of benzene rings is 3. The minimum atomic E-state index is -0.446. The summed E-state index contributed by atoms with van der Waals surface area (Å²) in [6.07, 6.45) is 8.19. The number of aromatic hydroxyl groups is 1. The number of carbonyl (C=O) groups is 2. The Morgan fingerprint density at radius 3 is 2.40 bits per heavy atom. The zero-order valence-corrected chi connectivity index (χ0v) is 27.9. The predicted molar refractivity (Wildman–Crippen MR) is 188 cm³/mol. The van der Waals surface area contributed by atoms with E-state index in [0.717, 1.165) is 47.1 Å². The van der Waals surface area contributed by atoms with Gasteiger partial charge in [0.05, 0.1) is 17.0 Å². The quantitative estimate of drug-likeness (QED) is 0.0675. The topological polar surface area (TPSA) is 116 Å². The Balaban J connectivity index is 1.28. The van der Waals surface area contributed by atoms with Gasteiger partial charge in [-0.25, -0.2) is 4.99 Å². The van der Waals surface area contributed by atoms with E-state index in [4.69, 9.17) is 9.73 Å². The summed E-state index contributed by atoms with van der Waals surface area (Å²) < 4.78 is 5.37. The number of aromatic amines is 1. The maximum Gasteiger partial charge on any atom is 0.306 e. The minimum Gasteiger partial charge on any atom is -0.494 e. The van der Waals surface area contributed by atoms with Crippen molar-refractivity contribution in [2.45, 2.75) is 84.3 Å². The Hall–Kier alpha value is -4.43. The molecule has 1 aliphatic rings. The number of unbranched alkanes of at least 4 members (excludes halogenated alkanes) is 1. The smallest absolute Gasteiger partial charge is 0.306 e. The average molecular weight is 637 g/mol. The first kappa shape index (κ1) is 33.9. The number of nitrogens with one attached hydrogen (secondary N) is 3. The van der Waals surface area contributed by atoms with E-state index in [-0.39, 0.29) is 17.8 Å². The van der Waals surface area contributed by atoms with Gasteiger partial charge in [0.15, 0.2) is 5.88 Å². The van der Waals surface area contributed by atoms with Crippen LogP contribution < -0.4 is 10.6 Å². The molecule has 4 aromatic rings. The number of fused-ring (bicyclic) bond motifs is 1. The Morgan fingerprint density at radius 1 is 0.936 bits per heavy atom. The van der Waals surface area contributed by atoms with Crippen LogP contribution >= 0.6 is 0 Å². The molecule has 1 amide bonds. The third kappa shape index (κ3) is 9.78. The number of aromatic nitrogens is 1. The number of rotatable bonds is 13. The summed E-state index contributed by atoms with van der Waals surface area (Å²) in [6.45, 7) is 7.85. The van der Waals surface area contributed by atoms with Crippen LogP contribution in [0.2, 0.25) is 0 Å². The van der Waals surface area contributed by atoms with Gasteiger partial charge in [-0.15, -0.1) is 0 Å². The first-order valence-electron chi connectivity index (χ1n) is 16.9. The lowest BCUT2D eigenvalue weighted by atomic mass is 9.89. The highest BCUT2D eigenvalue weighted by molar-refractivity contribution is 6.22. The number of carbonyl (C=O) groups excluding carboxylic acids is 2. The molecule has 0 unspecified atom stereocenters. The molecule has 0 aliphatic heterocycles. The van der Waals surface area contributed by atoms with Crippen LogP contribution in [-0.4, -0.2) is 46.4 Å². The largest absolute Gasteiger partial charge is 0.494 e. The van der Waals surface area contributed by atoms with Gasteiger partial charge in [-0.05, 0) is 94.8 Å². The molecule has 1 aliphatic carbocycles. The molecule has 1 aromatic heterocycles. The molecule has 0 bridgehead atoms. The van der Waals surface area contributed by atoms with Gasteiger partial charge < -0.3 is 25.5 Å². The van der Waals surface area contributed by atoms with Gasteiger partial charge in [-0.1, -0.05) is 61.7 Å². The lowest BCUT2D eigenvalue weighted by Gasteiger charge is -2.21. The van der Waals surface area contributed by atoms with Crippen molar-refractivity contribution in [3.8, 4) is 5.88 Å². The van der Waals surface area contributed by atoms with Crippen molar-refractivity contribution in [1.82, 2.24) is 15.6 Å². The molecular formula is C39H48N4O4. The molecule has 3 aromatic carbocycles. The van der Waals surface area contributed by atoms with Crippen LogP contribution in [0.1, 0.15) is 99.2 Å². The standard InChI is InChI=1S/C39H48N4O4/c1-39(2,3)47-34(44)16-10-11-23-40-25-28-17-20-31(21-18-28)42-36(29-14-8-5-9-15-29)35-32-24-30(19-22-33(32)43-38(35)46)37(45)41-26-27-12-6-4-7-13-27/h5,8-9,14-15,17-22,24,27,40,43,46H,4,6-7,10-13,16,23,25-26H2,1-3H3,(H,41,45). The summed E-state index contributed by atoms with van der Waals surface area (Å²) in [5.74, 6) is 0.294. The van der Waals surface area contributed by atoms with Crippen LogP contribution in [0.15, 0.2) is 77.8 Å². The van der Waals surface area contributed by atoms with Crippen LogP contribution in [-0.2, 0) is 16.1 Å². The SMILES string of the molecule is CC(C)(C)OC(=O)CCCCNCc1ccc(N=C(c2ccccc2)c2c(O)[nH]c3ccc(C(=O)NCC4CCCCC4)cc23)cc1. The molecule has 0 radical (unpaired) electrons. The van der Waals surface area contributed by atoms with Crippen molar-refractivity contribution in [2.24, 2.45) is 10.9 Å². The maximum absolute atomic E-state index is 13.2. The summed E-state index contributed by atoms with van der Waals surface area (Å²) in [6, 6.07) is 23.3. The number of ether oxygens (including phenoxy) is 1. The fourth-order valence-electron chi connectivity index (χ4n) is 6.11. The zero-order valence-electron chi connectivity index (χ0n) is 27.9. The van der Waals surface area contributed by atoms with E-state index >= 15 is 0 Å². The first-order chi connectivity index (χ1) is 22.7. The van der Waals surface area contributed by atoms with Crippen LogP contribution in [0.4, 0.5) is 5.69 Å². The molecule has 0 atom stereocenters. The van der Waals surface area contributed by atoms with Gasteiger partial charge in [0.1, 0.15) is 5.60 Å². The van der Waals surface area contributed by atoms with E-state index in [1.54, 1.807) is 6.07 Å². The van der Waals surface area contributed by atoms with Crippen LogP contribution in [0.5, 0.6) is 5.88 Å². The molecule has 8 heteroatoms. The van der Waals surface area contributed by atoms with Gasteiger partial charge in [-0.3, -0.25) is 9.59 Å². The van der Waals surface area contributed by atoms with Crippen molar-refractivity contribution < 1.29 is 19.4 Å². The molecular weight excluding hydrogens is 588 g/mol. The zero-order chi connectivity index (χ0) is 33.2. The number of amides is 1. The fraction of sp³-hybridized carbons (Fsp3) is 0.410. The van der Waals surface area contributed by atoms with Crippen LogP contribution in [0.25, 0.3) is 10.9 Å². The van der Waals surface area contributed by atoms with Crippen LogP contribution in [0, 0.1) is 5.92 Å². The van der Waals surface area contributed by atoms with Crippen molar-refractivity contribution in [1.29, 1.82) is 0 Å². The number of H-pyrrole nitrogens is 1. The van der Waals surface area contributed by atoms with E-state index in [2.05, 4.69) is 15.6 Å². The van der Waals surface area contributed by atoms with Gasteiger partial charge in [0.2, 0.25) is 0 Å². The lowest BCUT2D eigenvalue weighted by molar-refractivity contribution is -0.154. The summed E-state index contributed by atoms with van der Waals surface area (Å²) in [5, 5.41) is 18.5. The summed E-state index contributed by atoms with van der Waals surface area (Å²) >= 11 is 0. The molecule has 4 N–H and O–H groups in total. The Kier molecular flexibility index (Phi) is 11.5. The van der Waals surface area contributed by atoms with Gasteiger partial charge in [0.25, 0.3) is 5.91 Å². The van der Waals surface area contributed by atoms with Crippen LogP contribution in [0.3, 0.4) is 0 Å². The minimum absolute atomic E-state index is 0.00913. The first-order valence-corrected chi connectivity index (χ1v) is 16.9. The second-order valence-electron chi connectivity index (χ2n) is 13.5. The highest BCUT2D eigenvalue weighted by Gasteiger charge is 2.21. The third-order valence-electron chi connectivity index (χ3n) is 8.51. The fourth-order valence-corrected chi connectivity index (χ4v) is 6.11. The van der Waals surface area contributed by atoms with Crippen molar-refractivity contribution in [2.75, 3.05) is 13.1 Å². The number of nitrogens with zero attached hydrogens (tertiary/aromatic N) is 1. The number of esters is 1. The average Bonchev–Trinajstić information content (AvgIpc) is 3.39. The highest BCUT2D eigenvalue weighted by Crippen LogP contribution is 2.32. The van der Waals surface area contributed by atoms with Crippen molar-refractivity contribution in [3.63, 3.8) is 0 Å². The molecule has 1 heterocycles. The normalized spacial score (nSPS) is 14.3. The Labute approximate surface area is 278 Å². The van der Waals surface area contributed by atoms with E-state index in [9.17, 15) is 14.7 Å². The maximum atomic E-state index is 13.2. The molecule has 1 saturated carbocycles. The molecule has 0 saturated heterocycles. The predicted octanol–water partition coefficient (Wildman–Crippen LogP) is 7.95. The van der Waals surface area contributed by atoms with E-state index in [1.807, 2.05) is 87.5 Å². The number of aliphatic imine (C=N–C) groups is 1.